The van der Waals surface area contributed by atoms with E-state index in [1.165, 1.54) is 31.2 Å². The van der Waals surface area contributed by atoms with Gasteiger partial charge in [0.2, 0.25) is 0 Å². The number of rotatable bonds is 1. The Morgan fingerprint density at radius 2 is 2.06 bits per heavy atom. The van der Waals surface area contributed by atoms with Crippen molar-refractivity contribution in [1.82, 2.24) is 5.32 Å². The number of hydrogen-bond acceptors (Lipinski definition) is 3. The van der Waals surface area contributed by atoms with Crippen LogP contribution in [0.1, 0.15) is 48.9 Å². The van der Waals surface area contributed by atoms with Gasteiger partial charge in [-0.2, -0.15) is 0 Å². The van der Waals surface area contributed by atoms with Gasteiger partial charge in [0.25, 0.3) is 0 Å². The van der Waals surface area contributed by atoms with Crippen LogP contribution in [0.3, 0.4) is 0 Å². The van der Waals surface area contributed by atoms with E-state index in [-0.39, 0.29) is 6.10 Å². The maximum absolute atomic E-state index is 6.13. The molecule has 0 amide bonds. The second kappa shape index (κ2) is 5.06. The predicted octanol–water partition coefficient (Wildman–Crippen LogP) is 3.12. The average Bonchev–Trinajstić information content (AvgIpc) is 2.60. The average molecular weight is 249 g/mol. The van der Waals surface area contributed by atoms with Gasteiger partial charge in [0.1, 0.15) is 11.5 Å². The van der Waals surface area contributed by atoms with Crippen molar-refractivity contribution < 1.29 is 9.15 Å². The van der Waals surface area contributed by atoms with Crippen LogP contribution in [0.25, 0.3) is 0 Å². The normalized spacial score (nSPS) is 32.9. The van der Waals surface area contributed by atoms with Crippen LogP contribution in [0.5, 0.6) is 0 Å². The van der Waals surface area contributed by atoms with Crippen LogP contribution >= 0.6 is 0 Å². The molecule has 3 heteroatoms. The third kappa shape index (κ3) is 2.34. The molecule has 1 aromatic rings. The minimum Gasteiger partial charge on any atom is -0.466 e. The molecule has 18 heavy (non-hydrogen) atoms. The summed E-state index contributed by atoms with van der Waals surface area (Å²) >= 11 is 0. The zero-order chi connectivity index (χ0) is 12.5. The molecule has 0 aromatic carbocycles. The summed E-state index contributed by atoms with van der Waals surface area (Å²) in [5.41, 5.74) is 1.22. The molecular formula is C15H23NO2. The Morgan fingerprint density at radius 3 is 2.83 bits per heavy atom. The molecule has 0 spiro atoms. The fourth-order valence-electron chi connectivity index (χ4n) is 3.40. The van der Waals surface area contributed by atoms with E-state index in [9.17, 15) is 0 Å². The zero-order valence-corrected chi connectivity index (χ0v) is 11.4. The number of furan rings is 1. The van der Waals surface area contributed by atoms with Crippen molar-refractivity contribution in [1.29, 1.82) is 0 Å². The molecule has 100 valence electrons. The first-order valence-corrected chi connectivity index (χ1v) is 7.16. The van der Waals surface area contributed by atoms with Gasteiger partial charge in [0.05, 0.1) is 12.7 Å². The number of aryl methyl sites for hydroxylation is 2. The quantitative estimate of drug-likeness (QED) is 0.830. The lowest BCUT2D eigenvalue weighted by Gasteiger charge is -2.29. The highest BCUT2D eigenvalue weighted by Crippen LogP contribution is 2.31. The number of hydrogen-bond donors (Lipinski definition) is 1. The fourth-order valence-corrected chi connectivity index (χ4v) is 3.40. The smallest absolute Gasteiger partial charge is 0.106 e. The van der Waals surface area contributed by atoms with Crippen molar-refractivity contribution in [3.8, 4) is 0 Å². The van der Waals surface area contributed by atoms with Gasteiger partial charge in [0.15, 0.2) is 0 Å². The molecule has 1 saturated heterocycles. The molecule has 1 aliphatic heterocycles. The van der Waals surface area contributed by atoms with Crippen LogP contribution in [-0.2, 0) is 4.74 Å². The van der Waals surface area contributed by atoms with E-state index in [1.54, 1.807) is 0 Å². The van der Waals surface area contributed by atoms with Crippen molar-refractivity contribution in [3.63, 3.8) is 0 Å². The highest BCUT2D eigenvalue weighted by atomic mass is 16.5. The lowest BCUT2D eigenvalue weighted by molar-refractivity contribution is 0.0393. The van der Waals surface area contributed by atoms with E-state index in [0.29, 0.717) is 12.0 Å². The summed E-state index contributed by atoms with van der Waals surface area (Å²) in [6, 6.07) is 2.79. The van der Waals surface area contributed by atoms with Gasteiger partial charge in [-0.1, -0.05) is 12.8 Å². The summed E-state index contributed by atoms with van der Waals surface area (Å²) in [7, 11) is 0. The monoisotopic (exact) mass is 249 g/mol. The Balaban J connectivity index is 1.73. The summed E-state index contributed by atoms with van der Waals surface area (Å²) in [5, 5.41) is 3.70. The van der Waals surface area contributed by atoms with E-state index >= 15 is 0 Å². The van der Waals surface area contributed by atoms with Gasteiger partial charge in [-0.05, 0) is 38.7 Å². The third-order valence-corrected chi connectivity index (χ3v) is 4.41. The first kappa shape index (κ1) is 12.2. The second-order valence-corrected chi connectivity index (χ2v) is 5.75. The Hall–Kier alpha value is -0.800. The van der Waals surface area contributed by atoms with Crippen LogP contribution in [0, 0.1) is 19.8 Å². The Morgan fingerprint density at radius 1 is 1.22 bits per heavy atom. The Labute approximate surface area is 109 Å². The molecule has 1 aliphatic carbocycles. The maximum atomic E-state index is 6.13. The van der Waals surface area contributed by atoms with Gasteiger partial charge >= 0.3 is 0 Å². The Kier molecular flexibility index (Phi) is 3.44. The summed E-state index contributed by atoms with van der Waals surface area (Å²) in [6.07, 6.45) is 5.51. The Bertz CT molecular complexity index is 397. The van der Waals surface area contributed by atoms with Gasteiger partial charge in [-0.3, -0.25) is 0 Å². The molecule has 1 N–H and O–H groups in total. The fraction of sp³-hybridized carbons (Fsp3) is 0.733. The van der Waals surface area contributed by atoms with Crippen LogP contribution in [-0.4, -0.2) is 19.2 Å². The van der Waals surface area contributed by atoms with Crippen LogP contribution in [0.15, 0.2) is 10.5 Å². The maximum Gasteiger partial charge on any atom is 0.106 e. The van der Waals surface area contributed by atoms with Gasteiger partial charge in [-0.25, -0.2) is 0 Å². The lowest BCUT2D eigenvalue weighted by Crippen LogP contribution is -2.38. The molecule has 3 unspecified atom stereocenters. The van der Waals surface area contributed by atoms with E-state index in [1.807, 2.05) is 13.8 Å². The molecule has 3 rings (SSSR count). The van der Waals surface area contributed by atoms with Crippen LogP contribution < -0.4 is 5.32 Å². The largest absolute Gasteiger partial charge is 0.466 e. The SMILES string of the molecule is Cc1cc(C2CNC3CCCCC3CO2)c(C)o1. The standard InChI is InChI=1S/C15H23NO2/c1-10-7-13(11(2)18-10)15-8-16-14-6-4-3-5-12(14)9-17-15/h7,12,14-16H,3-6,8-9H2,1-2H3. The van der Waals surface area contributed by atoms with Gasteiger partial charge in [-0.15, -0.1) is 0 Å². The van der Waals surface area contributed by atoms with Crippen LogP contribution in [0.4, 0.5) is 0 Å². The minimum atomic E-state index is 0.160. The predicted molar refractivity (Wildman–Crippen MR) is 70.6 cm³/mol. The molecule has 0 radical (unpaired) electrons. The van der Waals surface area contributed by atoms with Crippen LogP contribution in [0.2, 0.25) is 0 Å². The third-order valence-electron chi connectivity index (χ3n) is 4.41. The number of nitrogens with one attached hydrogen (secondary N) is 1. The number of fused-ring (bicyclic) bond motifs is 1. The molecule has 3 atom stereocenters. The minimum absolute atomic E-state index is 0.160. The van der Waals surface area contributed by atoms with Crippen molar-refractivity contribution in [2.75, 3.05) is 13.2 Å². The van der Waals surface area contributed by atoms with Crippen molar-refractivity contribution in [3.05, 3.63) is 23.2 Å². The summed E-state index contributed by atoms with van der Waals surface area (Å²) in [6.45, 7) is 5.84. The molecule has 1 saturated carbocycles. The highest BCUT2D eigenvalue weighted by Gasteiger charge is 2.31. The molecule has 1 aromatic heterocycles. The van der Waals surface area contributed by atoms with E-state index in [0.717, 1.165) is 24.7 Å². The zero-order valence-electron chi connectivity index (χ0n) is 11.4. The molecule has 2 heterocycles. The van der Waals surface area contributed by atoms with Gasteiger partial charge in [0, 0.05) is 18.2 Å². The van der Waals surface area contributed by atoms with E-state index < -0.39 is 0 Å². The number of ether oxygens (including phenoxy) is 1. The van der Waals surface area contributed by atoms with Crippen molar-refractivity contribution in [2.24, 2.45) is 5.92 Å². The second-order valence-electron chi connectivity index (χ2n) is 5.75. The van der Waals surface area contributed by atoms with Crippen molar-refractivity contribution >= 4 is 0 Å². The summed E-state index contributed by atoms with van der Waals surface area (Å²) < 4.78 is 11.7. The topological polar surface area (TPSA) is 34.4 Å². The molecule has 3 nitrogen and oxygen atoms in total. The molecule has 2 fully saturated rings. The van der Waals surface area contributed by atoms with E-state index in [4.69, 9.17) is 9.15 Å². The van der Waals surface area contributed by atoms with E-state index in [2.05, 4.69) is 11.4 Å². The summed E-state index contributed by atoms with van der Waals surface area (Å²) in [4.78, 5) is 0. The molecule has 2 aliphatic rings. The highest BCUT2D eigenvalue weighted by molar-refractivity contribution is 5.23. The first-order valence-electron chi connectivity index (χ1n) is 7.16. The summed E-state index contributed by atoms with van der Waals surface area (Å²) in [5.74, 6) is 2.69. The molecule has 0 bridgehead atoms. The molecular weight excluding hydrogens is 226 g/mol. The first-order chi connectivity index (χ1) is 8.74. The van der Waals surface area contributed by atoms with Gasteiger partial charge < -0.3 is 14.5 Å². The van der Waals surface area contributed by atoms with Crippen molar-refractivity contribution in [2.45, 2.75) is 51.7 Å². The lowest BCUT2D eigenvalue weighted by atomic mass is 9.85.